The number of hydrogen-bond acceptors (Lipinski definition) is 3. The van der Waals surface area contributed by atoms with Crippen molar-refractivity contribution in [1.82, 2.24) is 4.90 Å². The monoisotopic (exact) mass is 272 g/mol. The van der Waals surface area contributed by atoms with Crippen LogP contribution in [-0.2, 0) is 0 Å². The summed E-state index contributed by atoms with van der Waals surface area (Å²) < 4.78 is 13.4. The van der Waals surface area contributed by atoms with E-state index < -0.39 is 5.82 Å². The zero-order valence-electron chi connectivity index (χ0n) is 11.5. The molecule has 0 amide bonds. The molecule has 1 aromatic carbocycles. The lowest BCUT2D eigenvalue weighted by Crippen LogP contribution is -2.42. The summed E-state index contributed by atoms with van der Waals surface area (Å²) in [6.07, 6.45) is 3.93. The summed E-state index contributed by atoms with van der Waals surface area (Å²) in [5.74, 6) is -0.591. The molecule has 3 rings (SSSR count). The standard InChI is InChI=1S/C16H17FN2O/c1-19-13-4-5-14(19)7-11(6-13)16(20)15-8-12(17)3-2-10(15)9-18/h2-3,8,11,13-14H,4-7H2,1H3. The molecule has 2 aliphatic rings. The van der Waals surface area contributed by atoms with Crippen molar-refractivity contribution in [3.8, 4) is 6.07 Å². The van der Waals surface area contributed by atoms with Gasteiger partial charge >= 0.3 is 0 Å². The molecule has 2 saturated heterocycles. The maximum atomic E-state index is 13.4. The highest BCUT2D eigenvalue weighted by molar-refractivity contribution is 6.00. The summed E-state index contributed by atoms with van der Waals surface area (Å²) in [5, 5.41) is 9.08. The summed E-state index contributed by atoms with van der Waals surface area (Å²) >= 11 is 0. The minimum atomic E-state index is -0.455. The van der Waals surface area contributed by atoms with Crippen LogP contribution in [0.25, 0.3) is 0 Å². The number of hydrogen-bond donors (Lipinski definition) is 0. The van der Waals surface area contributed by atoms with Crippen molar-refractivity contribution in [2.45, 2.75) is 37.8 Å². The Morgan fingerprint density at radius 2 is 2.00 bits per heavy atom. The second kappa shape index (κ2) is 4.99. The summed E-state index contributed by atoms with van der Waals surface area (Å²) in [6, 6.07) is 6.75. The maximum Gasteiger partial charge on any atom is 0.167 e. The summed E-state index contributed by atoms with van der Waals surface area (Å²) in [6.45, 7) is 0. The highest BCUT2D eigenvalue weighted by atomic mass is 19.1. The van der Waals surface area contributed by atoms with Crippen molar-refractivity contribution in [2.24, 2.45) is 5.92 Å². The van der Waals surface area contributed by atoms with Crippen LogP contribution in [0.1, 0.15) is 41.6 Å². The Hall–Kier alpha value is -1.73. The van der Waals surface area contributed by atoms with Gasteiger partial charge in [-0.05, 0) is 50.9 Å². The normalized spacial score (nSPS) is 29.1. The second-order valence-electron chi connectivity index (χ2n) is 5.88. The van der Waals surface area contributed by atoms with Crippen LogP contribution < -0.4 is 0 Å². The Balaban J connectivity index is 1.87. The molecule has 0 aromatic heterocycles. The number of benzene rings is 1. The first-order chi connectivity index (χ1) is 9.60. The number of carbonyl (C=O) groups excluding carboxylic acids is 1. The van der Waals surface area contributed by atoms with Crippen molar-refractivity contribution in [1.29, 1.82) is 5.26 Å². The van der Waals surface area contributed by atoms with Crippen LogP contribution in [-0.4, -0.2) is 29.8 Å². The smallest absolute Gasteiger partial charge is 0.167 e. The van der Waals surface area contributed by atoms with E-state index in [1.807, 2.05) is 6.07 Å². The zero-order valence-corrected chi connectivity index (χ0v) is 11.5. The Kier molecular flexibility index (Phi) is 3.31. The van der Waals surface area contributed by atoms with E-state index in [4.69, 9.17) is 5.26 Å². The Bertz CT molecular complexity index is 579. The van der Waals surface area contributed by atoms with Gasteiger partial charge in [-0.1, -0.05) is 0 Å². The maximum absolute atomic E-state index is 13.4. The third-order valence-electron chi connectivity index (χ3n) is 4.84. The van der Waals surface area contributed by atoms with Crippen LogP contribution in [0.2, 0.25) is 0 Å². The molecule has 2 unspecified atom stereocenters. The van der Waals surface area contributed by atoms with Gasteiger partial charge in [0.1, 0.15) is 5.82 Å². The number of nitrogens with zero attached hydrogens (tertiary/aromatic N) is 2. The first-order valence-corrected chi connectivity index (χ1v) is 7.06. The fourth-order valence-electron chi connectivity index (χ4n) is 3.66. The molecule has 2 aliphatic heterocycles. The van der Waals surface area contributed by atoms with E-state index in [0.29, 0.717) is 12.1 Å². The lowest BCUT2D eigenvalue weighted by molar-refractivity contribution is 0.0766. The summed E-state index contributed by atoms with van der Waals surface area (Å²) in [5.41, 5.74) is 0.532. The SMILES string of the molecule is CN1C2CCC1CC(C(=O)c1cc(F)ccc1C#N)C2. The second-order valence-corrected chi connectivity index (χ2v) is 5.88. The molecular formula is C16H17FN2O. The predicted octanol–water partition coefficient (Wildman–Crippen LogP) is 2.75. The van der Waals surface area contributed by atoms with Gasteiger partial charge in [0.15, 0.2) is 5.78 Å². The van der Waals surface area contributed by atoms with Gasteiger partial charge < -0.3 is 4.90 Å². The topological polar surface area (TPSA) is 44.1 Å². The average Bonchev–Trinajstić information content (AvgIpc) is 2.68. The van der Waals surface area contributed by atoms with E-state index >= 15 is 0 Å². The fourth-order valence-corrected chi connectivity index (χ4v) is 3.66. The van der Waals surface area contributed by atoms with Crippen LogP contribution in [0.4, 0.5) is 4.39 Å². The van der Waals surface area contributed by atoms with Crippen LogP contribution in [0.15, 0.2) is 18.2 Å². The van der Waals surface area contributed by atoms with E-state index in [1.54, 1.807) is 0 Å². The number of nitriles is 1. The van der Waals surface area contributed by atoms with Gasteiger partial charge in [0.05, 0.1) is 11.6 Å². The van der Waals surface area contributed by atoms with Gasteiger partial charge in [0, 0.05) is 23.6 Å². The first kappa shape index (κ1) is 13.3. The predicted molar refractivity (Wildman–Crippen MR) is 72.7 cm³/mol. The quantitative estimate of drug-likeness (QED) is 0.778. The van der Waals surface area contributed by atoms with Crippen LogP contribution in [0, 0.1) is 23.1 Å². The number of Topliss-reactive ketones (excluding diaryl/α,β-unsaturated/α-hetero) is 1. The molecule has 20 heavy (non-hydrogen) atoms. The van der Waals surface area contributed by atoms with Crippen molar-refractivity contribution in [3.05, 3.63) is 35.1 Å². The van der Waals surface area contributed by atoms with E-state index in [-0.39, 0.29) is 22.8 Å². The molecule has 3 nitrogen and oxygen atoms in total. The van der Waals surface area contributed by atoms with E-state index in [0.717, 1.165) is 25.7 Å². The molecule has 0 aliphatic carbocycles. The van der Waals surface area contributed by atoms with Gasteiger partial charge in [0.25, 0.3) is 0 Å². The third-order valence-corrected chi connectivity index (χ3v) is 4.84. The van der Waals surface area contributed by atoms with E-state index in [1.165, 1.54) is 18.2 Å². The van der Waals surface area contributed by atoms with Crippen LogP contribution in [0.5, 0.6) is 0 Å². The van der Waals surface area contributed by atoms with Crippen LogP contribution in [0.3, 0.4) is 0 Å². The molecule has 0 radical (unpaired) electrons. The Morgan fingerprint density at radius 1 is 1.35 bits per heavy atom. The van der Waals surface area contributed by atoms with Gasteiger partial charge in [-0.15, -0.1) is 0 Å². The molecule has 2 bridgehead atoms. The zero-order chi connectivity index (χ0) is 14.3. The number of fused-ring (bicyclic) bond motifs is 2. The molecule has 4 heteroatoms. The minimum absolute atomic E-state index is 0.0638. The highest BCUT2D eigenvalue weighted by Gasteiger charge is 2.41. The van der Waals surface area contributed by atoms with Crippen molar-refractivity contribution < 1.29 is 9.18 Å². The Morgan fingerprint density at radius 3 is 2.60 bits per heavy atom. The summed E-state index contributed by atoms with van der Waals surface area (Å²) in [4.78, 5) is 15.0. The fraction of sp³-hybridized carbons (Fsp3) is 0.500. The molecular weight excluding hydrogens is 255 g/mol. The summed E-state index contributed by atoms with van der Waals surface area (Å²) in [7, 11) is 2.12. The van der Waals surface area contributed by atoms with Crippen molar-refractivity contribution in [3.63, 3.8) is 0 Å². The molecule has 2 atom stereocenters. The van der Waals surface area contributed by atoms with Gasteiger partial charge in [-0.25, -0.2) is 4.39 Å². The molecule has 2 heterocycles. The largest absolute Gasteiger partial charge is 0.300 e. The third kappa shape index (κ3) is 2.12. The molecule has 0 saturated carbocycles. The molecule has 1 aromatic rings. The van der Waals surface area contributed by atoms with Gasteiger partial charge in [-0.3, -0.25) is 4.79 Å². The van der Waals surface area contributed by atoms with Gasteiger partial charge in [0.2, 0.25) is 0 Å². The van der Waals surface area contributed by atoms with Crippen LogP contribution >= 0.6 is 0 Å². The minimum Gasteiger partial charge on any atom is -0.300 e. The first-order valence-electron chi connectivity index (χ1n) is 7.06. The number of carbonyl (C=O) groups is 1. The molecule has 0 spiro atoms. The lowest BCUT2D eigenvalue weighted by atomic mass is 9.84. The number of ketones is 1. The Labute approximate surface area is 118 Å². The number of piperidine rings is 1. The number of halogens is 1. The number of rotatable bonds is 2. The highest BCUT2D eigenvalue weighted by Crippen LogP contribution is 2.38. The lowest BCUT2D eigenvalue weighted by Gasteiger charge is -2.35. The van der Waals surface area contributed by atoms with Crippen molar-refractivity contribution >= 4 is 5.78 Å². The van der Waals surface area contributed by atoms with E-state index in [2.05, 4.69) is 11.9 Å². The molecule has 2 fully saturated rings. The van der Waals surface area contributed by atoms with E-state index in [9.17, 15) is 9.18 Å². The average molecular weight is 272 g/mol. The van der Waals surface area contributed by atoms with Crippen molar-refractivity contribution in [2.75, 3.05) is 7.05 Å². The molecule has 104 valence electrons. The molecule has 0 N–H and O–H groups in total. The van der Waals surface area contributed by atoms with Gasteiger partial charge in [-0.2, -0.15) is 5.26 Å².